The number of nitrogens with zero attached hydrogens (tertiary/aromatic N) is 3. The van der Waals surface area contributed by atoms with Crippen molar-refractivity contribution in [2.75, 3.05) is 41.8 Å². The van der Waals surface area contributed by atoms with E-state index in [9.17, 15) is 4.39 Å². The molecule has 1 saturated carbocycles. The number of hydrogen-bond acceptors (Lipinski definition) is 6. The van der Waals surface area contributed by atoms with E-state index >= 15 is 0 Å². The van der Waals surface area contributed by atoms with Crippen molar-refractivity contribution in [2.45, 2.75) is 18.9 Å². The molecule has 0 unspecified atom stereocenters. The maximum Gasteiger partial charge on any atom is 0.225 e. The van der Waals surface area contributed by atoms with Gasteiger partial charge in [0.2, 0.25) is 5.95 Å². The lowest BCUT2D eigenvalue weighted by Gasteiger charge is -2.28. The standard InChI is InChI=1S/C17H20FN5O/c18-15-11-19-17(21-13-1-2-13)22-16(15)20-12-3-5-14(6-4-12)23-7-9-24-10-8-23/h3-6,11,13H,1-2,7-10H2,(H2,19,20,21,22). The van der Waals surface area contributed by atoms with Crippen LogP contribution in [0.2, 0.25) is 0 Å². The minimum absolute atomic E-state index is 0.187. The summed E-state index contributed by atoms with van der Waals surface area (Å²) in [5, 5.41) is 6.20. The van der Waals surface area contributed by atoms with E-state index in [0.29, 0.717) is 12.0 Å². The maximum atomic E-state index is 13.9. The molecule has 1 aliphatic heterocycles. The Morgan fingerprint density at radius 1 is 1.12 bits per heavy atom. The molecule has 6 nitrogen and oxygen atoms in total. The Morgan fingerprint density at radius 3 is 2.58 bits per heavy atom. The van der Waals surface area contributed by atoms with E-state index in [1.54, 1.807) is 0 Å². The van der Waals surface area contributed by atoms with Crippen molar-refractivity contribution in [3.05, 3.63) is 36.3 Å². The molecule has 2 N–H and O–H groups in total. The van der Waals surface area contributed by atoms with Gasteiger partial charge in [-0.2, -0.15) is 4.98 Å². The van der Waals surface area contributed by atoms with Crippen molar-refractivity contribution in [2.24, 2.45) is 0 Å². The van der Waals surface area contributed by atoms with E-state index in [-0.39, 0.29) is 5.82 Å². The number of aromatic nitrogens is 2. The molecule has 1 aromatic heterocycles. The molecule has 1 saturated heterocycles. The molecule has 0 radical (unpaired) electrons. The molecule has 0 bridgehead atoms. The van der Waals surface area contributed by atoms with Crippen LogP contribution < -0.4 is 15.5 Å². The van der Waals surface area contributed by atoms with E-state index in [1.165, 1.54) is 6.20 Å². The number of rotatable bonds is 5. The molecule has 0 atom stereocenters. The molecule has 126 valence electrons. The van der Waals surface area contributed by atoms with Crippen LogP contribution in [0.4, 0.5) is 27.5 Å². The van der Waals surface area contributed by atoms with Crippen molar-refractivity contribution in [3.8, 4) is 0 Å². The summed E-state index contributed by atoms with van der Waals surface area (Å²) in [6.45, 7) is 3.29. The van der Waals surface area contributed by atoms with Gasteiger partial charge < -0.3 is 20.3 Å². The summed E-state index contributed by atoms with van der Waals surface area (Å²) in [6, 6.07) is 8.34. The van der Waals surface area contributed by atoms with Gasteiger partial charge in [0.15, 0.2) is 11.6 Å². The van der Waals surface area contributed by atoms with Crippen LogP contribution in [0.5, 0.6) is 0 Å². The normalized spacial score (nSPS) is 17.6. The van der Waals surface area contributed by atoms with Crippen LogP contribution in [0.15, 0.2) is 30.5 Å². The number of benzene rings is 1. The van der Waals surface area contributed by atoms with E-state index < -0.39 is 5.82 Å². The average Bonchev–Trinajstić information content (AvgIpc) is 3.43. The second-order valence-corrected chi connectivity index (χ2v) is 6.08. The van der Waals surface area contributed by atoms with E-state index in [0.717, 1.165) is 50.5 Å². The summed E-state index contributed by atoms with van der Waals surface area (Å²) in [5.74, 6) is 0.187. The van der Waals surface area contributed by atoms with Gasteiger partial charge in [0.25, 0.3) is 0 Å². The van der Waals surface area contributed by atoms with Gasteiger partial charge >= 0.3 is 0 Å². The topological polar surface area (TPSA) is 62.3 Å². The van der Waals surface area contributed by atoms with Crippen LogP contribution in [-0.2, 0) is 4.74 Å². The highest BCUT2D eigenvalue weighted by Crippen LogP contribution is 2.25. The molecule has 2 fully saturated rings. The minimum atomic E-state index is -0.464. The molecule has 1 aromatic carbocycles. The SMILES string of the molecule is Fc1cnc(NC2CC2)nc1Nc1ccc(N2CCOCC2)cc1. The Morgan fingerprint density at radius 2 is 1.88 bits per heavy atom. The number of hydrogen-bond donors (Lipinski definition) is 2. The number of ether oxygens (including phenoxy) is 1. The maximum absolute atomic E-state index is 13.9. The number of anilines is 4. The highest BCUT2D eigenvalue weighted by molar-refractivity contribution is 5.61. The van der Waals surface area contributed by atoms with Gasteiger partial charge in [-0.25, -0.2) is 9.37 Å². The molecule has 0 amide bonds. The lowest BCUT2D eigenvalue weighted by Crippen LogP contribution is -2.36. The van der Waals surface area contributed by atoms with E-state index in [4.69, 9.17) is 4.74 Å². The van der Waals surface area contributed by atoms with Crippen molar-refractivity contribution >= 4 is 23.1 Å². The lowest BCUT2D eigenvalue weighted by atomic mass is 10.2. The molecule has 7 heteroatoms. The molecule has 1 aliphatic carbocycles. The third-order valence-electron chi connectivity index (χ3n) is 4.16. The molecule has 2 heterocycles. The molecule has 2 aliphatic rings. The van der Waals surface area contributed by atoms with Crippen molar-refractivity contribution in [1.82, 2.24) is 9.97 Å². The predicted octanol–water partition coefficient (Wildman–Crippen LogP) is 2.77. The number of nitrogens with one attached hydrogen (secondary N) is 2. The predicted molar refractivity (Wildman–Crippen MR) is 91.4 cm³/mol. The van der Waals surface area contributed by atoms with Gasteiger partial charge in [-0.15, -0.1) is 0 Å². The third kappa shape index (κ3) is 3.56. The summed E-state index contributed by atoms with van der Waals surface area (Å²) in [7, 11) is 0. The van der Waals surface area contributed by atoms with Crippen LogP contribution in [-0.4, -0.2) is 42.3 Å². The molecule has 24 heavy (non-hydrogen) atoms. The van der Waals surface area contributed by atoms with Crippen molar-refractivity contribution in [3.63, 3.8) is 0 Å². The lowest BCUT2D eigenvalue weighted by molar-refractivity contribution is 0.122. The summed E-state index contributed by atoms with van der Waals surface area (Å²) >= 11 is 0. The zero-order valence-electron chi connectivity index (χ0n) is 13.3. The second-order valence-electron chi connectivity index (χ2n) is 6.08. The first-order valence-electron chi connectivity index (χ1n) is 8.27. The van der Waals surface area contributed by atoms with E-state index in [1.807, 2.05) is 24.3 Å². The summed E-state index contributed by atoms with van der Waals surface area (Å²) < 4.78 is 19.3. The molecular weight excluding hydrogens is 309 g/mol. The third-order valence-corrected chi connectivity index (χ3v) is 4.16. The fourth-order valence-electron chi connectivity index (χ4n) is 2.65. The Hall–Kier alpha value is -2.41. The highest BCUT2D eigenvalue weighted by Gasteiger charge is 2.22. The van der Waals surface area contributed by atoms with Crippen LogP contribution in [0.3, 0.4) is 0 Å². The molecule has 4 rings (SSSR count). The first-order valence-corrected chi connectivity index (χ1v) is 8.27. The number of halogens is 1. The second kappa shape index (κ2) is 6.60. The Labute approximate surface area is 140 Å². The summed E-state index contributed by atoms with van der Waals surface area (Å²) in [5.41, 5.74) is 1.94. The molecular formula is C17H20FN5O. The zero-order chi connectivity index (χ0) is 16.4. The first kappa shape index (κ1) is 15.1. The van der Waals surface area contributed by atoms with Crippen LogP contribution in [0, 0.1) is 5.82 Å². The fraction of sp³-hybridized carbons (Fsp3) is 0.412. The van der Waals surface area contributed by atoms with Gasteiger partial charge in [-0.3, -0.25) is 0 Å². The smallest absolute Gasteiger partial charge is 0.225 e. The average molecular weight is 329 g/mol. The zero-order valence-corrected chi connectivity index (χ0v) is 13.3. The quantitative estimate of drug-likeness (QED) is 0.879. The molecule has 2 aromatic rings. The number of morpholine rings is 1. The highest BCUT2D eigenvalue weighted by atomic mass is 19.1. The Bertz CT molecular complexity index is 699. The Balaban J connectivity index is 1.46. The van der Waals surface area contributed by atoms with Crippen molar-refractivity contribution < 1.29 is 9.13 Å². The van der Waals surface area contributed by atoms with Gasteiger partial charge in [0.1, 0.15) is 0 Å². The largest absolute Gasteiger partial charge is 0.378 e. The van der Waals surface area contributed by atoms with Gasteiger partial charge in [0.05, 0.1) is 19.4 Å². The van der Waals surface area contributed by atoms with Gasteiger partial charge in [-0.1, -0.05) is 0 Å². The van der Waals surface area contributed by atoms with Crippen molar-refractivity contribution in [1.29, 1.82) is 0 Å². The van der Waals surface area contributed by atoms with Gasteiger partial charge in [0, 0.05) is 30.5 Å². The monoisotopic (exact) mass is 329 g/mol. The van der Waals surface area contributed by atoms with Crippen LogP contribution in [0.25, 0.3) is 0 Å². The minimum Gasteiger partial charge on any atom is -0.378 e. The van der Waals surface area contributed by atoms with Gasteiger partial charge in [-0.05, 0) is 37.1 Å². The van der Waals surface area contributed by atoms with Crippen LogP contribution in [0.1, 0.15) is 12.8 Å². The Kier molecular flexibility index (Phi) is 4.17. The molecule has 0 spiro atoms. The summed E-state index contributed by atoms with van der Waals surface area (Å²) in [4.78, 5) is 10.5. The first-order chi connectivity index (χ1) is 11.8. The fourth-order valence-corrected chi connectivity index (χ4v) is 2.65. The van der Waals surface area contributed by atoms with Crippen LogP contribution >= 0.6 is 0 Å². The summed E-state index contributed by atoms with van der Waals surface area (Å²) in [6.07, 6.45) is 3.43. The van der Waals surface area contributed by atoms with E-state index in [2.05, 4.69) is 25.5 Å².